The third kappa shape index (κ3) is 3.07. The summed E-state index contributed by atoms with van der Waals surface area (Å²) in [4.78, 5) is 19.8. The molecule has 3 heterocycles. The first kappa shape index (κ1) is 16.3. The summed E-state index contributed by atoms with van der Waals surface area (Å²) in [5, 5.41) is 6.00. The van der Waals surface area contributed by atoms with E-state index in [1.807, 2.05) is 29.6 Å². The van der Waals surface area contributed by atoms with Gasteiger partial charge in [-0.1, -0.05) is 11.2 Å². The molecule has 0 unspecified atom stereocenters. The van der Waals surface area contributed by atoms with Crippen molar-refractivity contribution in [2.45, 2.75) is 5.92 Å². The molecule has 1 aliphatic rings. The minimum Gasteiger partial charge on any atom is -0.497 e. The SMILES string of the molecule is COc1ccc(Br)c(C(=O)N2CC(c3nc(-c4cccs4)no3)C2)c1. The normalized spacial score (nSPS) is 14.4. The number of amides is 1. The van der Waals surface area contributed by atoms with Crippen LogP contribution >= 0.6 is 27.3 Å². The van der Waals surface area contributed by atoms with Gasteiger partial charge in [0.05, 0.1) is 23.5 Å². The van der Waals surface area contributed by atoms with E-state index >= 15 is 0 Å². The molecule has 1 aliphatic heterocycles. The quantitative estimate of drug-likeness (QED) is 0.642. The van der Waals surface area contributed by atoms with E-state index in [-0.39, 0.29) is 11.8 Å². The van der Waals surface area contributed by atoms with Crippen molar-refractivity contribution in [1.82, 2.24) is 15.0 Å². The smallest absolute Gasteiger partial charge is 0.255 e. The van der Waals surface area contributed by atoms with Gasteiger partial charge in [0.2, 0.25) is 11.7 Å². The van der Waals surface area contributed by atoms with Crippen LogP contribution in [-0.4, -0.2) is 41.1 Å². The second kappa shape index (κ2) is 6.61. The van der Waals surface area contributed by atoms with Gasteiger partial charge in [-0.05, 0) is 45.6 Å². The molecule has 1 fully saturated rings. The molecule has 0 spiro atoms. The van der Waals surface area contributed by atoms with Gasteiger partial charge < -0.3 is 14.2 Å². The lowest BCUT2D eigenvalue weighted by Crippen LogP contribution is -2.48. The number of hydrogen-bond acceptors (Lipinski definition) is 6. The van der Waals surface area contributed by atoms with E-state index in [1.54, 1.807) is 29.4 Å². The Morgan fingerprint density at radius 2 is 2.24 bits per heavy atom. The van der Waals surface area contributed by atoms with Crippen LogP contribution in [0.1, 0.15) is 22.2 Å². The summed E-state index contributed by atoms with van der Waals surface area (Å²) < 4.78 is 11.3. The van der Waals surface area contributed by atoms with Gasteiger partial charge in [0, 0.05) is 17.6 Å². The van der Waals surface area contributed by atoms with Crippen molar-refractivity contribution >= 4 is 33.2 Å². The molecule has 25 heavy (non-hydrogen) atoms. The Balaban J connectivity index is 1.44. The third-order valence-corrected chi connectivity index (χ3v) is 5.66. The lowest BCUT2D eigenvalue weighted by atomic mass is 9.98. The van der Waals surface area contributed by atoms with Gasteiger partial charge in [0.15, 0.2) is 0 Å². The van der Waals surface area contributed by atoms with Gasteiger partial charge in [-0.3, -0.25) is 4.79 Å². The lowest BCUT2D eigenvalue weighted by Gasteiger charge is -2.37. The third-order valence-electron chi connectivity index (χ3n) is 4.11. The Kier molecular flexibility index (Phi) is 4.30. The Labute approximate surface area is 156 Å². The summed E-state index contributed by atoms with van der Waals surface area (Å²) >= 11 is 4.99. The molecule has 8 heteroatoms. The highest BCUT2D eigenvalue weighted by atomic mass is 79.9. The number of ether oxygens (including phenoxy) is 1. The summed E-state index contributed by atoms with van der Waals surface area (Å²) in [6.07, 6.45) is 0. The first-order valence-electron chi connectivity index (χ1n) is 7.66. The molecule has 128 valence electrons. The highest BCUT2D eigenvalue weighted by Gasteiger charge is 2.36. The molecule has 0 N–H and O–H groups in total. The number of methoxy groups -OCH3 is 1. The summed E-state index contributed by atoms with van der Waals surface area (Å²) in [7, 11) is 1.58. The van der Waals surface area contributed by atoms with Crippen LogP contribution in [0.15, 0.2) is 44.7 Å². The van der Waals surface area contributed by atoms with Crippen molar-refractivity contribution < 1.29 is 14.1 Å². The number of carbonyl (C=O) groups is 1. The zero-order valence-electron chi connectivity index (χ0n) is 13.3. The largest absolute Gasteiger partial charge is 0.497 e. The predicted molar refractivity (Wildman–Crippen MR) is 96.9 cm³/mol. The molecule has 0 radical (unpaired) electrons. The topological polar surface area (TPSA) is 68.5 Å². The minimum atomic E-state index is -0.0416. The second-order valence-corrected chi connectivity index (χ2v) is 7.49. The number of carbonyl (C=O) groups excluding carboxylic acids is 1. The maximum Gasteiger partial charge on any atom is 0.255 e. The van der Waals surface area contributed by atoms with E-state index < -0.39 is 0 Å². The van der Waals surface area contributed by atoms with Gasteiger partial charge in [-0.2, -0.15) is 4.98 Å². The fraction of sp³-hybridized carbons (Fsp3) is 0.235. The molecule has 0 atom stereocenters. The van der Waals surface area contributed by atoms with Gasteiger partial charge in [-0.15, -0.1) is 11.3 Å². The van der Waals surface area contributed by atoms with E-state index in [1.165, 1.54) is 0 Å². The fourth-order valence-electron chi connectivity index (χ4n) is 2.67. The molecular formula is C17H14BrN3O3S. The first-order valence-corrected chi connectivity index (χ1v) is 9.33. The van der Waals surface area contributed by atoms with E-state index in [9.17, 15) is 4.79 Å². The molecular weight excluding hydrogens is 406 g/mol. The van der Waals surface area contributed by atoms with Crippen LogP contribution in [0.5, 0.6) is 5.75 Å². The zero-order valence-corrected chi connectivity index (χ0v) is 15.7. The summed E-state index contributed by atoms with van der Waals surface area (Å²) in [6.45, 7) is 1.13. The Hall–Kier alpha value is -2.19. The molecule has 2 aromatic heterocycles. The van der Waals surface area contributed by atoms with Crippen molar-refractivity contribution in [3.8, 4) is 16.5 Å². The molecule has 0 bridgehead atoms. The van der Waals surface area contributed by atoms with Gasteiger partial charge in [0.1, 0.15) is 5.75 Å². The number of benzene rings is 1. The maximum atomic E-state index is 12.7. The average Bonchev–Trinajstić information content (AvgIpc) is 3.25. The molecule has 4 rings (SSSR count). The van der Waals surface area contributed by atoms with E-state index in [0.717, 1.165) is 9.35 Å². The van der Waals surface area contributed by atoms with Crippen LogP contribution in [0, 0.1) is 0 Å². The monoisotopic (exact) mass is 419 g/mol. The van der Waals surface area contributed by atoms with Crippen LogP contribution in [0.3, 0.4) is 0 Å². The summed E-state index contributed by atoms with van der Waals surface area (Å²) in [6, 6.07) is 9.27. The molecule has 0 saturated carbocycles. The number of hydrogen-bond donors (Lipinski definition) is 0. The Morgan fingerprint density at radius 1 is 1.40 bits per heavy atom. The maximum absolute atomic E-state index is 12.7. The molecule has 3 aromatic rings. The van der Waals surface area contributed by atoms with Gasteiger partial charge in [0.25, 0.3) is 5.91 Å². The molecule has 1 amide bonds. The number of thiophene rings is 1. The predicted octanol–water partition coefficient (Wildman–Crippen LogP) is 3.81. The van der Waals surface area contributed by atoms with Crippen molar-refractivity contribution in [1.29, 1.82) is 0 Å². The minimum absolute atomic E-state index is 0.0416. The van der Waals surface area contributed by atoms with Crippen LogP contribution in [0.25, 0.3) is 10.7 Å². The van der Waals surface area contributed by atoms with Crippen molar-refractivity contribution in [2.24, 2.45) is 0 Å². The number of nitrogens with zero attached hydrogens (tertiary/aromatic N) is 3. The van der Waals surface area contributed by atoms with E-state index in [4.69, 9.17) is 9.26 Å². The van der Waals surface area contributed by atoms with Crippen LogP contribution < -0.4 is 4.74 Å². The number of rotatable bonds is 4. The fourth-order valence-corrected chi connectivity index (χ4v) is 3.74. The van der Waals surface area contributed by atoms with E-state index in [2.05, 4.69) is 26.1 Å². The van der Waals surface area contributed by atoms with E-state index in [0.29, 0.717) is 36.1 Å². The van der Waals surface area contributed by atoms with Gasteiger partial charge in [-0.25, -0.2) is 0 Å². The van der Waals surface area contributed by atoms with Crippen molar-refractivity contribution in [3.05, 3.63) is 51.6 Å². The Bertz CT molecular complexity index is 904. The number of halogens is 1. The number of likely N-dealkylation sites (tertiary alicyclic amines) is 1. The summed E-state index contributed by atoms with van der Waals surface area (Å²) in [5.41, 5.74) is 0.586. The van der Waals surface area contributed by atoms with Crippen LogP contribution in [-0.2, 0) is 0 Å². The number of aromatic nitrogens is 2. The van der Waals surface area contributed by atoms with Crippen LogP contribution in [0.2, 0.25) is 0 Å². The molecule has 0 aliphatic carbocycles. The Morgan fingerprint density at radius 3 is 2.96 bits per heavy atom. The van der Waals surface area contributed by atoms with Gasteiger partial charge >= 0.3 is 0 Å². The first-order chi connectivity index (χ1) is 12.2. The zero-order chi connectivity index (χ0) is 17.4. The molecule has 1 saturated heterocycles. The average molecular weight is 420 g/mol. The lowest BCUT2D eigenvalue weighted by molar-refractivity contribution is 0.0568. The van der Waals surface area contributed by atoms with Crippen LogP contribution in [0.4, 0.5) is 0 Å². The van der Waals surface area contributed by atoms with Crippen molar-refractivity contribution in [3.63, 3.8) is 0 Å². The highest BCUT2D eigenvalue weighted by molar-refractivity contribution is 9.10. The summed E-state index contributed by atoms with van der Waals surface area (Å²) in [5.74, 6) is 1.87. The van der Waals surface area contributed by atoms with Crippen molar-refractivity contribution in [2.75, 3.05) is 20.2 Å². The molecule has 6 nitrogen and oxygen atoms in total. The molecule has 1 aromatic carbocycles. The highest BCUT2D eigenvalue weighted by Crippen LogP contribution is 2.32. The second-order valence-electron chi connectivity index (χ2n) is 5.69. The standard InChI is InChI=1S/C17H14BrN3O3S/c1-23-11-4-5-13(18)12(7-11)17(22)21-8-10(9-21)16-19-15(20-24-16)14-3-2-6-25-14/h2-7,10H,8-9H2,1H3.